The van der Waals surface area contributed by atoms with Crippen molar-refractivity contribution in [3.8, 4) is 0 Å². The molecule has 0 aliphatic rings. The number of hydrogen-bond acceptors (Lipinski definition) is 6. The molecule has 0 atom stereocenters. The first-order valence-electron chi connectivity index (χ1n) is 6.92. The number of pyridine rings is 1. The molecule has 116 valence electrons. The SMILES string of the molecule is CCSc1ccc(NC(=O)NCCNc2ncccn2)cn1. The summed E-state index contributed by atoms with van der Waals surface area (Å²) < 4.78 is 0. The van der Waals surface area contributed by atoms with Crippen molar-refractivity contribution < 1.29 is 4.79 Å². The molecular weight excluding hydrogens is 300 g/mol. The molecular formula is C14H18N6OS. The number of aromatic nitrogens is 3. The van der Waals surface area contributed by atoms with Crippen LogP contribution in [0.4, 0.5) is 16.4 Å². The van der Waals surface area contributed by atoms with E-state index in [2.05, 4.69) is 37.8 Å². The number of urea groups is 1. The van der Waals surface area contributed by atoms with Gasteiger partial charge in [0.25, 0.3) is 0 Å². The quantitative estimate of drug-likeness (QED) is 0.535. The maximum absolute atomic E-state index is 11.7. The fourth-order valence-electron chi connectivity index (χ4n) is 1.60. The second-order valence-corrected chi connectivity index (χ2v) is 5.48. The molecule has 2 heterocycles. The Morgan fingerprint density at radius 2 is 2.00 bits per heavy atom. The third kappa shape index (κ3) is 5.57. The summed E-state index contributed by atoms with van der Waals surface area (Å²) in [5.41, 5.74) is 0.664. The number of carbonyl (C=O) groups excluding carboxylic acids is 1. The van der Waals surface area contributed by atoms with Gasteiger partial charge in [-0.2, -0.15) is 0 Å². The first-order valence-corrected chi connectivity index (χ1v) is 7.91. The highest BCUT2D eigenvalue weighted by Gasteiger charge is 2.02. The lowest BCUT2D eigenvalue weighted by atomic mass is 10.4. The summed E-state index contributed by atoms with van der Waals surface area (Å²) in [6, 6.07) is 5.20. The highest BCUT2D eigenvalue weighted by Crippen LogP contribution is 2.16. The Morgan fingerprint density at radius 1 is 1.18 bits per heavy atom. The maximum Gasteiger partial charge on any atom is 0.319 e. The topological polar surface area (TPSA) is 91.8 Å². The molecule has 2 aromatic rings. The molecule has 0 saturated carbocycles. The second kappa shape index (κ2) is 8.83. The number of carbonyl (C=O) groups is 1. The standard InChI is InChI=1S/C14H18N6OS/c1-2-22-12-5-4-11(10-19-12)20-14(21)18-9-8-17-13-15-6-3-7-16-13/h3-7,10H,2,8-9H2,1H3,(H,15,16,17)(H2,18,20,21). The van der Waals surface area contributed by atoms with Gasteiger partial charge in [0, 0.05) is 25.5 Å². The van der Waals surface area contributed by atoms with Crippen molar-refractivity contribution in [3.05, 3.63) is 36.8 Å². The highest BCUT2D eigenvalue weighted by molar-refractivity contribution is 7.99. The lowest BCUT2D eigenvalue weighted by molar-refractivity contribution is 0.252. The van der Waals surface area contributed by atoms with E-state index in [0.29, 0.717) is 24.7 Å². The van der Waals surface area contributed by atoms with Crippen LogP contribution in [-0.4, -0.2) is 39.8 Å². The highest BCUT2D eigenvalue weighted by atomic mass is 32.2. The molecule has 2 aromatic heterocycles. The van der Waals surface area contributed by atoms with Gasteiger partial charge in [-0.3, -0.25) is 0 Å². The van der Waals surface area contributed by atoms with Crippen molar-refractivity contribution in [3.63, 3.8) is 0 Å². The Bertz CT molecular complexity index is 578. The molecule has 0 bridgehead atoms. The summed E-state index contributed by atoms with van der Waals surface area (Å²) >= 11 is 1.66. The van der Waals surface area contributed by atoms with Crippen LogP contribution >= 0.6 is 11.8 Å². The summed E-state index contributed by atoms with van der Waals surface area (Å²) in [4.78, 5) is 24.0. The summed E-state index contributed by atoms with van der Waals surface area (Å²) in [6.45, 7) is 3.07. The van der Waals surface area contributed by atoms with E-state index >= 15 is 0 Å². The molecule has 0 aromatic carbocycles. The van der Waals surface area contributed by atoms with Crippen molar-refractivity contribution in [2.45, 2.75) is 11.9 Å². The predicted octanol–water partition coefficient (Wildman–Crippen LogP) is 2.22. The maximum atomic E-state index is 11.7. The molecule has 0 unspecified atom stereocenters. The zero-order chi connectivity index (χ0) is 15.6. The van der Waals surface area contributed by atoms with E-state index in [1.54, 1.807) is 36.4 Å². The first-order chi connectivity index (χ1) is 10.8. The van der Waals surface area contributed by atoms with Gasteiger partial charge >= 0.3 is 6.03 Å². The van der Waals surface area contributed by atoms with E-state index in [-0.39, 0.29) is 6.03 Å². The van der Waals surface area contributed by atoms with Crippen LogP contribution in [0.1, 0.15) is 6.92 Å². The fraction of sp³-hybridized carbons (Fsp3) is 0.286. The van der Waals surface area contributed by atoms with E-state index in [4.69, 9.17) is 0 Å². The Morgan fingerprint density at radius 3 is 2.68 bits per heavy atom. The van der Waals surface area contributed by atoms with Crippen LogP contribution in [0.5, 0.6) is 0 Å². The van der Waals surface area contributed by atoms with Crippen molar-refractivity contribution in [1.82, 2.24) is 20.3 Å². The van der Waals surface area contributed by atoms with Crippen LogP contribution in [-0.2, 0) is 0 Å². The van der Waals surface area contributed by atoms with E-state index in [1.165, 1.54) is 0 Å². The van der Waals surface area contributed by atoms with Gasteiger partial charge in [-0.1, -0.05) is 6.92 Å². The Balaban J connectivity index is 1.67. The lowest BCUT2D eigenvalue weighted by Crippen LogP contribution is -2.32. The number of thioether (sulfide) groups is 1. The number of nitrogens with zero attached hydrogens (tertiary/aromatic N) is 3. The average molecular weight is 318 g/mol. The first kappa shape index (κ1) is 16.0. The van der Waals surface area contributed by atoms with Gasteiger partial charge in [-0.05, 0) is 24.0 Å². The van der Waals surface area contributed by atoms with E-state index in [0.717, 1.165) is 10.8 Å². The molecule has 22 heavy (non-hydrogen) atoms. The normalized spacial score (nSPS) is 10.0. The van der Waals surface area contributed by atoms with Crippen molar-refractivity contribution >= 4 is 29.4 Å². The van der Waals surface area contributed by atoms with E-state index in [9.17, 15) is 4.79 Å². The van der Waals surface area contributed by atoms with Gasteiger partial charge in [0.15, 0.2) is 0 Å². The Hall–Kier alpha value is -2.35. The Kier molecular flexibility index (Phi) is 6.43. The summed E-state index contributed by atoms with van der Waals surface area (Å²) in [7, 11) is 0. The molecule has 0 fully saturated rings. The third-order valence-electron chi connectivity index (χ3n) is 2.55. The zero-order valence-corrected chi connectivity index (χ0v) is 13.1. The molecule has 7 nitrogen and oxygen atoms in total. The van der Waals surface area contributed by atoms with Crippen LogP contribution in [0.2, 0.25) is 0 Å². The molecule has 0 aliphatic heterocycles. The van der Waals surface area contributed by atoms with Crippen LogP contribution < -0.4 is 16.0 Å². The van der Waals surface area contributed by atoms with Gasteiger partial charge in [0.2, 0.25) is 5.95 Å². The summed E-state index contributed by atoms with van der Waals surface area (Å²) in [5, 5.41) is 9.42. The summed E-state index contributed by atoms with van der Waals surface area (Å²) in [6.07, 6.45) is 4.96. The zero-order valence-electron chi connectivity index (χ0n) is 12.2. The number of hydrogen-bond donors (Lipinski definition) is 3. The molecule has 2 amide bonds. The number of nitrogens with one attached hydrogen (secondary N) is 3. The molecule has 3 N–H and O–H groups in total. The largest absolute Gasteiger partial charge is 0.352 e. The van der Waals surface area contributed by atoms with Crippen molar-refractivity contribution in [2.24, 2.45) is 0 Å². The Labute approximate surface area is 133 Å². The van der Waals surface area contributed by atoms with Crippen LogP contribution in [0, 0.1) is 0 Å². The number of anilines is 2. The minimum absolute atomic E-state index is 0.270. The fourth-order valence-corrected chi connectivity index (χ4v) is 2.19. The summed E-state index contributed by atoms with van der Waals surface area (Å²) in [5.74, 6) is 1.51. The van der Waals surface area contributed by atoms with Crippen LogP contribution in [0.3, 0.4) is 0 Å². The molecule has 0 aliphatic carbocycles. The predicted molar refractivity (Wildman–Crippen MR) is 88.2 cm³/mol. The van der Waals surface area contributed by atoms with Crippen molar-refractivity contribution in [1.29, 1.82) is 0 Å². The number of amides is 2. The minimum atomic E-state index is -0.270. The van der Waals surface area contributed by atoms with Gasteiger partial charge in [0.05, 0.1) is 16.9 Å². The molecule has 0 radical (unpaired) electrons. The molecule has 2 rings (SSSR count). The third-order valence-corrected chi connectivity index (χ3v) is 3.37. The molecule has 0 saturated heterocycles. The number of rotatable bonds is 7. The lowest BCUT2D eigenvalue weighted by Gasteiger charge is -2.08. The molecule has 8 heteroatoms. The van der Waals surface area contributed by atoms with Crippen LogP contribution in [0.25, 0.3) is 0 Å². The van der Waals surface area contributed by atoms with E-state index in [1.807, 2.05) is 12.1 Å². The van der Waals surface area contributed by atoms with Gasteiger partial charge in [-0.15, -0.1) is 11.8 Å². The minimum Gasteiger partial charge on any atom is -0.352 e. The monoisotopic (exact) mass is 318 g/mol. The average Bonchev–Trinajstić information content (AvgIpc) is 2.55. The van der Waals surface area contributed by atoms with Crippen molar-refractivity contribution in [2.75, 3.05) is 29.5 Å². The second-order valence-electron chi connectivity index (χ2n) is 4.20. The van der Waals surface area contributed by atoms with Gasteiger partial charge in [-0.25, -0.2) is 19.7 Å². The molecule has 0 spiro atoms. The van der Waals surface area contributed by atoms with E-state index < -0.39 is 0 Å². The van der Waals surface area contributed by atoms with Crippen LogP contribution in [0.15, 0.2) is 41.8 Å². The van der Waals surface area contributed by atoms with Gasteiger partial charge in [0.1, 0.15) is 0 Å². The van der Waals surface area contributed by atoms with Gasteiger partial charge < -0.3 is 16.0 Å². The smallest absolute Gasteiger partial charge is 0.319 e.